The molecule has 0 unspecified atom stereocenters. The highest BCUT2D eigenvalue weighted by molar-refractivity contribution is 7.12. The number of benzene rings is 1. The summed E-state index contributed by atoms with van der Waals surface area (Å²) in [5.74, 6) is 0. The van der Waals surface area contributed by atoms with E-state index in [0.717, 1.165) is 19.1 Å². The summed E-state index contributed by atoms with van der Waals surface area (Å²) in [6.45, 7) is 4.19. The number of hydrogen-bond donors (Lipinski definition) is 1. The molecule has 2 aromatic rings. The third-order valence-electron chi connectivity index (χ3n) is 3.78. The zero-order valence-electron chi connectivity index (χ0n) is 12.2. The van der Waals surface area contributed by atoms with Gasteiger partial charge in [0.25, 0.3) is 0 Å². The molecule has 106 valence electrons. The highest BCUT2D eigenvalue weighted by Gasteiger charge is 2.20. The van der Waals surface area contributed by atoms with Crippen molar-refractivity contribution in [1.29, 1.82) is 0 Å². The Labute approximate surface area is 125 Å². The quantitative estimate of drug-likeness (QED) is 0.865. The van der Waals surface area contributed by atoms with Gasteiger partial charge in [0.2, 0.25) is 0 Å². The van der Waals surface area contributed by atoms with Crippen LogP contribution in [0.2, 0.25) is 0 Å². The number of nitrogens with one attached hydrogen (secondary N) is 1. The van der Waals surface area contributed by atoms with Crippen LogP contribution in [-0.4, -0.2) is 13.1 Å². The topological polar surface area (TPSA) is 15.3 Å². The Balaban J connectivity index is 1.60. The van der Waals surface area contributed by atoms with Gasteiger partial charge in [-0.25, -0.2) is 0 Å². The molecule has 0 atom stereocenters. The maximum absolute atomic E-state index is 3.58. The molecule has 2 nitrogen and oxygen atoms in total. The van der Waals surface area contributed by atoms with Crippen LogP contribution in [0, 0.1) is 6.92 Å². The molecule has 20 heavy (non-hydrogen) atoms. The molecule has 0 spiro atoms. The van der Waals surface area contributed by atoms with Gasteiger partial charge in [-0.3, -0.25) is 0 Å². The van der Waals surface area contributed by atoms with Crippen LogP contribution in [0.1, 0.15) is 28.2 Å². The van der Waals surface area contributed by atoms with Crippen molar-refractivity contribution in [1.82, 2.24) is 5.32 Å². The van der Waals surface area contributed by atoms with Crippen molar-refractivity contribution < 1.29 is 0 Å². The number of nitrogens with zero attached hydrogens (tertiary/aromatic N) is 1. The molecule has 0 radical (unpaired) electrons. The molecule has 3 rings (SSSR count). The SMILES string of the molecule is Cc1ccccc1N(C)Cc1ccc(CNC2CC2)s1. The Morgan fingerprint density at radius 2 is 1.90 bits per heavy atom. The van der Waals surface area contributed by atoms with Crippen molar-refractivity contribution in [3.8, 4) is 0 Å². The molecule has 0 aliphatic heterocycles. The average molecular weight is 286 g/mol. The molecule has 1 aliphatic rings. The average Bonchev–Trinajstić information content (AvgIpc) is 3.17. The fourth-order valence-electron chi connectivity index (χ4n) is 2.45. The highest BCUT2D eigenvalue weighted by atomic mass is 32.1. The zero-order chi connectivity index (χ0) is 13.9. The van der Waals surface area contributed by atoms with Gasteiger partial charge < -0.3 is 10.2 Å². The number of para-hydroxylation sites is 1. The van der Waals surface area contributed by atoms with Crippen molar-refractivity contribution in [3.05, 3.63) is 51.7 Å². The van der Waals surface area contributed by atoms with Gasteiger partial charge in [-0.15, -0.1) is 11.3 Å². The second kappa shape index (κ2) is 5.98. The number of anilines is 1. The Morgan fingerprint density at radius 1 is 1.15 bits per heavy atom. The van der Waals surface area contributed by atoms with Gasteiger partial charge in [0.15, 0.2) is 0 Å². The molecular weight excluding hydrogens is 264 g/mol. The first kappa shape index (κ1) is 13.7. The minimum Gasteiger partial charge on any atom is -0.369 e. The lowest BCUT2D eigenvalue weighted by Crippen LogP contribution is -2.16. The fourth-order valence-corrected chi connectivity index (χ4v) is 3.47. The number of thiophene rings is 1. The Bertz CT molecular complexity index is 572. The van der Waals surface area contributed by atoms with Crippen molar-refractivity contribution >= 4 is 17.0 Å². The van der Waals surface area contributed by atoms with Crippen molar-refractivity contribution in [2.24, 2.45) is 0 Å². The minimum atomic E-state index is 0.787. The summed E-state index contributed by atoms with van der Waals surface area (Å²) >= 11 is 1.93. The van der Waals surface area contributed by atoms with Crippen molar-refractivity contribution in [2.45, 2.75) is 38.9 Å². The predicted molar refractivity (Wildman–Crippen MR) is 87.5 cm³/mol. The third kappa shape index (κ3) is 3.41. The number of rotatable bonds is 6. The predicted octanol–water partition coefficient (Wildman–Crippen LogP) is 3.94. The maximum atomic E-state index is 3.58. The third-order valence-corrected chi connectivity index (χ3v) is 4.85. The minimum absolute atomic E-state index is 0.787. The molecule has 1 aromatic carbocycles. The van der Waals surface area contributed by atoms with E-state index in [0.29, 0.717) is 0 Å². The molecule has 0 saturated heterocycles. The van der Waals surface area contributed by atoms with Gasteiger partial charge in [0.05, 0.1) is 6.54 Å². The first-order chi connectivity index (χ1) is 9.72. The molecular formula is C17H22N2S. The van der Waals surface area contributed by atoms with E-state index in [-0.39, 0.29) is 0 Å². The number of hydrogen-bond acceptors (Lipinski definition) is 3. The molecule has 3 heteroatoms. The Morgan fingerprint density at radius 3 is 2.65 bits per heavy atom. The van der Waals surface area contributed by atoms with Crippen LogP contribution in [0.4, 0.5) is 5.69 Å². The lowest BCUT2D eigenvalue weighted by atomic mass is 10.2. The maximum Gasteiger partial charge on any atom is 0.0519 e. The van der Waals surface area contributed by atoms with Crippen LogP contribution in [-0.2, 0) is 13.1 Å². The molecule has 1 heterocycles. The van der Waals surface area contributed by atoms with Crippen LogP contribution in [0.25, 0.3) is 0 Å². The second-order valence-corrected chi connectivity index (χ2v) is 6.92. The standard InChI is InChI=1S/C17H22N2S/c1-13-5-3-4-6-17(13)19(2)12-16-10-9-15(20-16)11-18-14-7-8-14/h3-6,9-10,14,18H,7-8,11-12H2,1-2H3. The normalized spacial score (nSPS) is 14.5. The molecule has 1 fully saturated rings. The van der Waals surface area contributed by atoms with Crippen LogP contribution >= 0.6 is 11.3 Å². The van der Waals surface area contributed by atoms with Crippen molar-refractivity contribution in [3.63, 3.8) is 0 Å². The van der Waals surface area contributed by atoms with Crippen LogP contribution in [0.5, 0.6) is 0 Å². The van der Waals surface area contributed by atoms with Crippen molar-refractivity contribution in [2.75, 3.05) is 11.9 Å². The highest BCUT2D eigenvalue weighted by Crippen LogP contribution is 2.24. The van der Waals surface area contributed by atoms with Gasteiger partial charge in [0.1, 0.15) is 0 Å². The van der Waals surface area contributed by atoms with E-state index in [4.69, 9.17) is 0 Å². The summed E-state index contributed by atoms with van der Waals surface area (Å²) in [7, 11) is 2.17. The summed E-state index contributed by atoms with van der Waals surface area (Å²) in [5, 5.41) is 3.58. The molecule has 1 aliphatic carbocycles. The van der Waals surface area contributed by atoms with E-state index in [9.17, 15) is 0 Å². The summed E-state index contributed by atoms with van der Waals surface area (Å²) in [4.78, 5) is 5.22. The van der Waals surface area contributed by atoms with E-state index in [1.54, 1.807) is 0 Å². The van der Waals surface area contributed by atoms with Gasteiger partial charge in [0, 0.05) is 35.1 Å². The van der Waals surface area contributed by atoms with E-state index in [1.807, 2.05) is 11.3 Å². The largest absolute Gasteiger partial charge is 0.369 e. The second-order valence-electron chi connectivity index (χ2n) is 5.67. The fraction of sp³-hybridized carbons (Fsp3) is 0.412. The van der Waals surface area contributed by atoms with E-state index in [1.165, 1.54) is 33.8 Å². The van der Waals surface area contributed by atoms with Crippen LogP contribution in [0.3, 0.4) is 0 Å². The molecule has 0 amide bonds. The van der Waals surface area contributed by atoms with E-state index < -0.39 is 0 Å². The van der Waals surface area contributed by atoms with Gasteiger partial charge in [-0.1, -0.05) is 18.2 Å². The summed E-state index contributed by atoms with van der Waals surface area (Å²) in [6.07, 6.45) is 2.71. The lowest BCUT2D eigenvalue weighted by molar-refractivity contribution is 0.695. The Kier molecular flexibility index (Phi) is 4.08. The molecule has 0 bridgehead atoms. The summed E-state index contributed by atoms with van der Waals surface area (Å²) < 4.78 is 0. The molecule has 1 aromatic heterocycles. The first-order valence-electron chi connectivity index (χ1n) is 7.30. The van der Waals surface area contributed by atoms with Gasteiger partial charge >= 0.3 is 0 Å². The Hall–Kier alpha value is -1.32. The van der Waals surface area contributed by atoms with Gasteiger partial charge in [-0.2, -0.15) is 0 Å². The van der Waals surface area contributed by atoms with E-state index in [2.05, 4.69) is 60.6 Å². The van der Waals surface area contributed by atoms with Gasteiger partial charge in [-0.05, 0) is 43.5 Å². The summed E-state index contributed by atoms with van der Waals surface area (Å²) in [6, 6.07) is 13.9. The monoisotopic (exact) mass is 286 g/mol. The molecule has 1 N–H and O–H groups in total. The van der Waals surface area contributed by atoms with Crippen LogP contribution in [0.15, 0.2) is 36.4 Å². The summed E-state index contributed by atoms with van der Waals surface area (Å²) in [5.41, 5.74) is 2.65. The smallest absolute Gasteiger partial charge is 0.0519 e. The van der Waals surface area contributed by atoms with E-state index >= 15 is 0 Å². The lowest BCUT2D eigenvalue weighted by Gasteiger charge is -2.20. The number of aryl methyl sites for hydroxylation is 1. The zero-order valence-corrected chi connectivity index (χ0v) is 13.0. The first-order valence-corrected chi connectivity index (χ1v) is 8.12. The molecule has 1 saturated carbocycles. The van der Waals surface area contributed by atoms with Crippen LogP contribution < -0.4 is 10.2 Å².